The summed E-state index contributed by atoms with van der Waals surface area (Å²) in [5.74, 6) is -0.474. The number of rotatable bonds is 2. The molecule has 1 atom stereocenters. The number of allylic oxidation sites excluding steroid dienone is 3. The number of Topliss-reactive ketones (excluding diaryl/α,β-unsaturated/α-hetero) is 1. The number of carbonyl (C=O) groups is 1. The first kappa shape index (κ1) is 18.9. The summed E-state index contributed by atoms with van der Waals surface area (Å²) in [6.45, 7) is 3.98. The van der Waals surface area contributed by atoms with Gasteiger partial charge in [-0.05, 0) is 62.1 Å². The molecule has 0 saturated carbocycles. The lowest BCUT2D eigenvalue weighted by Gasteiger charge is -2.40. The summed E-state index contributed by atoms with van der Waals surface area (Å²) in [7, 11) is 0. The molecule has 29 heavy (non-hydrogen) atoms. The number of hydrogen-bond donors (Lipinski definition) is 1. The molecule has 2 aromatic rings. The molecule has 0 radical (unpaired) electrons. The number of benzene rings is 2. The van der Waals surface area contributed by atoms with Crippen LogP contribution in [0.3, 0.4) is 0 Å². The third-order valence-corrected chi connectivity index (χ3v) is 5.74. The van der Waals surface area contributed by atoms with Crippen LogP contribution in [0.1, 0.15) is 41.9 Å². The van der Waals surface area contributed by atoms with Crippen LogP contribution in [0.25, 0.3) is 0 Å². The number of hydrogen-bond acceptors (Lipinski definition) is 4. The van der Waals surface area contributed by atoms with E-state index in [2.05, 4.69) is 6.07 Å². The van der Waals surface area contributed by atoms with Gasteiger partial charge in [0.2, 0.25) is 0 Å². The molecule has 1 aliphatic heterocycles. The molecule has 0 bridgehead atoms. The Balaban J connectivity index is 1.99. The molecule has 0 unspecified atom stereocenters. The Hall–Kier alpha value is -3.39. The van der Waals surface area contributed by atoms with Crippen LogP contribution in [0.5, 0.6) is 0 Å². The second-order valence-corrected chi connectivity index (χ2v) is 7.65. The average Bonchev–Trinajstić information content (AvgIpc) is 2.70. The minimum Gasteiger partial charge on any atom is -0.384 e. The predicted molar refractivity (Wildman–Crippen MR) is 110 cm³/mol. The van der Waals surface area contributed by atoms with Crippen molar-refractivity contribution in [3.05, 3.63) is 87.6 Å². The fraction of sp³-hybridized carbons (Fsp3) is 0.250. The van der Waals surface area contributed by atoms with Gasteiger partial charge in [0.1, 0.15) is 11.6 Å². The number of anilines is 1. The molecule has 2 aromatic carbocycles. The summed E-state index contributed by atoms with van der Waals surface area (Å²) in [5.41, 5.74) is 12.0. The maximum atomic E-state index is 13.5. The Labute approximate surface area is 169 Å². The summed E-state index contributed by atoms with van der Waals surface area (Å²) in [4.78, 5) is 14.8. The van der Waals surface area contributed by atoms with Crippen LogP contribution in [-0.2, 0) is 4.79 Å². The molecule has 2 N–H and O–H groups in total. The van der Waals surface area contributed by atoms with Gasteiger partial charge in [-0.1, -0.05) is 23.8 Å². The van der Waals surface area contributed by atoms with Crippen molar-refractivity contribution in [3.63, 3.8) is 0 Å². The topological polar surface area (TPSA) is 70.1 Å². The highest BCUT2D eigenvalue weighted by atomic mass is 19.1. The molecule has 0 saturated heterocycles. The number of nitrogens with zero attached hydrogens (tertiary/aromatic N) is 2. The Bertz CT molecular complexity index is 1110. The van der Waals surface area contributed by atoms with Gasteiger partial charge in [0.15, 0.2) is 5.78 Å². The Morgan fingerprint density at radius 2 is 1.86 bits per heavy atom. The van der Waals surface area contributed by atoms with Crippen molar-refractivity contribution in [2.45, 2.75) is 39.0 Å². The highest BCUT2D eigenvalue weighted by Gasteiger charge is 2.40. The van der Waals surface area contributed by atoms with Crippen molar-refractivity contribution in [1.29, 1.82) is 5.26 Å². The van der Waals surface area contributed by atoms with Gasteiger partial charge in [0, 0.05) is 23.4 Å². The van der Waals surface area contributed by atoms with Gasteiger partial charge in [-0.2, -0.15) is 5.26 Å². The van der Waals surface area contributed by atoms with Crippen LogP contribution in [0.4, 0.5) is 10.1 Å². The summed E-state index contributed by atoms with van der Waals surface area (Å²) < 4.78 is 13.5. The van der Waals surface area contributed by atoms with Crippen LogP contribution in [0.15, 0.2) is 65.1 Å². The summed E-state index contributed by atoms with van der Waals surface area (Å²) >= 11 is 0. The number of nitrogens with two attached hydrogens (primary N) is 1. The summed E-state index contributed by atoms with van der Waals surface area (Å²) in [5, 5.41) is 10.0. The van der Waals surface area contributed by atoms with Crippen molar-refractivity contribution in [2.75, 3.05) is 4.90 Å². The molecule has 146 valence electrons. The SMILES string of the molecule is Cc1ccc(C)c([C@@H]2C(C#N)=C(N)N(c3ccc(F)cc3)C3=C2C(=O)CCC3)c1. The van der Waals surface area contributed by atoms with Crippen LogP contribution in [-0.4, -0.2) is 5.78 Å². The number of nitriles is 1. The maximum Gasteiger partial charge on any atom is 0.161 e. The van der Waals surface area contributed by atoms with E-state index in [-0.39, 0.29) is 11.6 Å². The molecule has 0 amide bonds. The molecular formula is C24H22FN3O. The minimum absolute atomic E-state index is 0.0458. The van der Waals surface area contributed by atoms with Gasteiger partial charge in [-0.25, -0.2) is 4.39 Å². The molecular weight excluding hydrogens is 365 g/mol. The summed E-state index contributed by atoms with van der Waals surface area (Å²) in [6, 6.07) is 14.3. The molecule has 0 aromatic heterocycles. The fourth-order valence-electron chi connectivity index (χ4n) is 4.35. The van der Waals surface area contributed by atoms with Crippen molar-refractivity contribution in [2.24, 2.45) is 5.73 Å². The lowest BCUT2D eigenvalue weighted by molar-refractivity contribution is -0.116. The highest BCUT2D eigenvalue weighted by molar-refractivity contribution is 6.01. The maximum absolute atomic E-state index is 13.5. The molecule has 0 fully saturated rings. The van der Waals surface area contributed by atoms with Gasteiger partial charge in [-0.15, -0.1) is 0 Å². The van der Waals surface area contributed by atoms with Gasteiger partial charge >= 0.3 is 0 Å². The van der Waals surface area contributed by atoms with E-state index in [9.17, 15) is 14.4 Å². The molecule has 1 heterocycles. The average molecular weight is 387 g/mol. The normalized spacial score (nSPS) is 19.3. The zero-order chi connectivity index (χ0) is 20.7. The lowest BCUT2D eigenvalue weighted by Crippen LogP contribution is -2.38. The first-order chi connectivity index (χ1) is 13.9. The molecule has 4 nitrogen and oxygen atoms in total. The van der Waals surface area contributed by atoms with Gasteiger partial charge in [-0.3, -0.25) is 9.69 Å². The number of ketones is 1. The van der Waals surface area contributed by atoms with E-state index in [1.54, 1.807) is 17.0 Å². The van der Waals surface area contributed by atoms with Crippen LogP contribution >= 0.6 is 0 Å². The predicted octanol–water partition coefficient (Wildman–Crippen LogP) is 4.75. The Morgan fingerprint density at radius 1 is 1.14 bits per heavy atom. The van der Waals surface area contributed by atoms with Crippen molar-refractivity contribution >= 4 is 11.5 Å². The fourth-order valence-corrected chi connectivity index (χ4v) is 4.35. The first-order valence-electron chi connectivity index (χ1n) is 9.71. The largest absolute Gasteiger partial charge is 0.384 e. The quantitative estimate of drug-likeness (QED) is 0.807. The minimum atomic E-state index is -0.473. The molecule has 0 spiro atoms. The third kappa shape index (κ3) is 3.11. The van der Waals surface area contributed by atoms with Crippen molar-refractivity contribution in [3.8, 4) is 6.07 Å². The van der Waals surface area contributed by atoms with Crippen molar-refractivity contribution in [1.82, 2.24) is 0 Å². The Morgan fingerprint density at radius 3 is 2.55 bits per heavy atom. The zero-order valence-corrected chi connectivity index (χ0v) is 16.5. The van der Waals surface area contributed by atoms with Gasteiger partial charge in [0.25, 0.3) is 0 Å². The number of halogens is 1. The van der Waals surface area contributed by atoms with E-state index < -0.39 is 5.92 Å². The highest BCUT2D eigenvalue weighted by Crippen LogP contribution is 2.46. The molecule has 1 aliphatic carbocycles. The van der Waals surface area contributed by atoms with E-state index in [0.717, 1.165) is 28.8 Å². The molecule has 2 aliphatic rings. The second kappa shape index (κ2) is 7.21. The van der Waals surface area contributed by atoms with Gasteiger partial charge in [0.05, 0.1) is 17.6 Å². The van der Waals surface area contributed by atoms with Crippen molar-refractivity contribution < 1.29 is 9.18 Å². The van der Waals surface area contributed by atoms with E-state index in [0.29, 0.717) is 35.5 Å². The zero-order valence-electron chi connectivity index (χ0n) is 16.5. The standard InChI is InChI=1S/C24H22FN3O/c1-14-6-7-15(2)18(12-14)22-19(13-26)24(27)28(17-10-8-16(25)9-11-17)20-4-3-5-21(29)23(20)22/h6-12,22H,3-5,27H2,1-2H3/t22-/m1/s1. The van der Waals surface area contributed by atoms with Crippen LogP contribution in [0.2, 0.25) is 0 Å². The van der Waals surface area contributed by atoms with Crippen LogP contribution < -0.4 is 10.6 Å². The third-order valence-electron chi connectivity index (χ3n) is 5.74. The number of carbonyl (C=O) groups excluding carboxylic acids is 1. The van der Waals surface area contributed by atoms with E-state index in [4.69, 9.17) is 5.73 Å². The lowest BCUT2D eigenvalue weighted by atomic mass is 9.74. The molecule has 5 heteroatoms. The van der Waals surface area contributed by atoms with E-state index >= 15 is 0 Å². The second-order valence-electron chi connectivity index (χ2n) is 7.65. The monoisotopic (exact) mass is 387 g/mol. The van der Waals surface area contributed by atoms with Crippen LogP contribution in [0, 0.1) is 31.0 Å². The summed E-state index contributed by atoms with van der Waals surface area (Å²) in [6.07, 6.45) is 1.86. The van der Waals surface area contributed by atoms with E-state index in [1.807, 2.05) is 32.0 Å². The number of aryl methyl sites for hydroxylation is 2. The van der Waals surface area contributed by atoms with E-state index in [1.165, 1.54) is 12.1 Å². The van der Waals surface area contributed by atoms with Gasteiger partial charge < -0.3 is 5.73 Å². The smallest absolute Gasteiger partial charge is 0.161 e. The Kier molecular flexibility index (Phi) is 4.71. The first-order valence-corrected chi connectivity index (χ1v) is 9.71. The molecule has 4 rings (SSSR count).